The molecule has 0 radical (unpaired) electrons. The van der Waals surface area contributed by atoms with Crippen LogP contribution in [-0.4, -0.2) is 33.8 Å². The van der Waals surface area contributed by atoms with Gasteiger partial charge in [-0.15, -0.1) is 0 Å². The number of benzene rings is 2. The van der Waals surface area contributed by atoms with E-state index >= 15 is 0 Å². The predicted octanol–water partition coefficient (Wildman–Crippen LogP) is 2.63. The lowest BCUT2D eigenvalue weighted by atomic mass is 10.1. The molecule has 2 N–H and O–H groups in total. The Kier molecular flexibility index (Phi) is 5.27. The number of anilines is 1. The van der Waals surface area contributed by atoms with E-state index in [1.807, 2.05) is 25.1 Å². The molecule has 1 heterocycles. The van der Waals surface area contributed by atoms with Crippen LogP contribution in [0.3, 0.4) is 0 Å². The number of sulfonamides is 1. The van der Waals surface area contributed by atoms with Gasteiger partial charge in [-0.05, 0) is 55.3 Å². The molecule has 0 saturated heterocycles. The molecule has 0 aromatic heterocycles. The second kappa shape index (κ2) is 7.48. The lowest BCUT2D eigenvalue weighted by molar-refractivity contribution is 0.0939. The maximum absolute atomic E-state index is 12.6. The van der Waals surface area contributed by atoms with Crippen LogP contribution in [0.1, 0.15) is 34.5 Å². The molecular weight excluding hydrogens is 368 g/mol. The summed E-state index contributed by atoms with van der Waals surface area (Å²) in [4.78, 5) is 12.6. The molecule has 0 spiro atoms. The second-order valence-corrected chi connectivity index (χ2v) is 8.25. The lowest BCUT2D eigenvalue weighted by Crippen LogP contribution is -2.27. The number of hydrogen-bond acceptors (Lipinski definition) is 5. The minimum Gasteiger partial charge on any atom is -0.486 e. The normalized spacial score (nSPS) is 14.3. The number of ether oxygens (including phenoxy) is 2. The highest BCUT2D eigenvalue weighted by atomic mass is 32.2. The maximum atomic E-state index is 12.6. The Hall–Kier alpha value is -2.74. The molecule has 27 heavy (non-hydrogen) atoms. The molecule has 7 nitrogen and oxygen atoms in total. The second-order valence-electron chi connectivity index (χ2n) is 6.50. The van der Waals surface area contributed by atoms with Crippen molar-refractivity contribution in [2.45, 2.75) is 19.9 Å². The van der Waals surface area contributed by atoms with E-state index in [1.165, 1.54) is 0 Å². The summed E-state index contributed by atoms with van der Waals surface area (Å²) in [7, 11) is -3.37. The fourth-order valence-electron chi connectivity index (χ4n) is 2.81. The van der Waals surface area contributed by atoms with Gasteiger partial charge < -0.3 is 14.8 Å². The molecule has 0 fully saturated rings. The van der Waals surface area contributed by atoms with Crippen molar-refractivity contribution in [1.29, 1.82) is 0 Å². The van der Waals surface area contributed by atoms with Crippen LogP contribution in [0.15, 0.2) is 36.4 Å². The van der Waals surface area contributed by atoms with E-state index in [4.69, 9.17) is 9.47 Å². The average molecular weight is 390 g/mol. The topological polar surface area (TPSA) is 93.7 Å². The van der Waals surface area contributed by atoms with E-state index in [1.54, 1.807) is 25.1 Å². The first-order valence-corrected chi connectivity index (χ1v) is 10.4. The minimum atomic E-state index is -3.37. The smallest absolute Gasteiger partial charge is 0.251 e. The molecule has 0 aliphatic carbocycles. The van der Waals surface area contributed by atoms with Crippen molar-refractivity contribution in [2.24, 2.45) is 0 Å². The molecule has 1 aliphatic heterocycles. The molecule has 2 aromatic carbocycles. The van der Waals surface area contributed by atoms with Crippen molar-refractivity contribution < 1.29 is 22.7 Å². The van der Waals surface area contributed by atoms with Crippen molar-refractivity contribution in [2.75, 3.05) is 24.2 Å². The summed E-state index contributed by atoms with van der Waals surface area (Å²) >= 11 is 0. The third-order valence-corrected chi connectivity index (χ3v) is 4.79. The molecule has 144 valence electrons. The third-order valence-electron chi connectivity index (χ3n) is 4.20. The molecule has 8 heteroatoms. The van der Waals surface area contributed by atoms with Gasteiger partial charge in [0.1, 0.15) is 13.2 Å². The predicted molar refractivity (Wildman–Crippen MR) is 103 cm³/mol. The highest BCUT2D eigenvalue weighted by Gasteiger charge is 2.17. The summed E-state index contributed by atoms with van der Waals surface area (Å²) < 4.78 is 36.2. The van der Waals surface area contributed by atoms with Crippen LogP contribution in [0.4, 0.5) is 5.69 Å². The van der Waals surface area contributed by atoms with Crippen LogP contribution in [0.25, 0.3) is 0 Å². The Morgan fingerprint density at radius 2 is 1.78 bits per heavy atom. The first-order chi connectivity index (χ1) is 12.7. The van der Waals surface area contributed by atoms with Crippen LogP contribution < -0.4 is 19.5 Å². The Balaban J connectivity index is 1.72. The van der Waals surface area contributed by atoms with E-state index in [0.29, 0.717) is 41.5 Å². The minimum absolute atomic E-state index is 0.234. The van der Waals surface area contributed by atoms with Gasteiger partial charge in [0, 0.05) is 5.56 Å². The zero-order chi connectivity index (χ0) is 19.6. The van der Waals surface area contributed by atoms with Crippen molar-refractivity contribution in [3.63, 3.8) is 0 Å². The number of carbonyl (C=O) groups is 1. The van der Waals surface area contributed by atoms with Crippen LogP contribution >= 0.6 is 0 Å². The number of carbonyl (C=O) groups excluding carboxylic acids is 1. The van der Waals surface area contributed by atoms with E-state index in [-0.39, 0.29) is 11.9 Å². The van der Waals surface area contributed by atoms with Gasteiger partial charge in [-0.1, -0.05) is 6.07 Å². The fraction of sp³-hybridized carbons (Fsp3) is 0.316. The highest BCUT2D eigenvalue weighted by Crippen LogP contribution is 2.32. The van der Waals surface area contributed by atoms with E-state index < -0.39 is 10.0 Å². The van der Waals surface area contributed by atoms with E-state index in [9.17, 15) is 13.2 Å². The number of fused-ring (bicyclic) bond motifs is 1. The van der Waals surface area contributed by atoms with Crippen LogP contribution in [-0.2, 0) is 10.0 Å². The van der Waals surface area contributed by atoms with Gasteiger partial charge in [-0.3, -0.25) is 9.52 Å². The number of amides is 1. The maximum Gasteiger partial charge on any atom is 0.251 e. The van der Waals surface area contributed by atoms with Gasteiger partial charge in [0.05, 0.1) is 18.0 Å². The van der Waals surface area contributed by atoms with Crippen LogP contribution in [0.2, 0.25) is 0 Å². The molecule has 1 unspecified atom stereocenters. The zero-order valence-corrected chi connectivity index (χ0v) is 16.2. The standard InChI is InChI=1S/C19H22N2O5S/c1-12-10-15(4-6-16(12)21-27(3,23)24)19(22)20-13(2)14-5-7-17-18(11-14)26-9-8-25-17/h4-7,10-11,13,21H,8-9H2,1-3H3,(H,20,22). The summed E-state index contributed by atoms with van der Waals surface area (Å²) in [5.41, 5.74) is 2.48. The molecule has 2 aromatic rings. The molecule has 1 aliphatic rings. The summed E-state index contributed by atoms with van der Waals surface area (Å²) in [6, 6.07) is 10.2. The number of nitrogens with one attached hydrogen (secondary N) is 2. The van der Waals surface area contributed by atoms with Gasteiger partial charge in [-0.2, -0.15) is 0 Å². The van der Waals surface area contributed by atoms with Crippen molar-refractivity contribution >= 4 is 21.6 Å². The summed E-state index contributed by atoms with van der Waals surface area (Å²) in [5, 5.41) is 2.94. The van der Waals surface area contributed by atoms with Crippen LogP contribution in [0, 0.1) is 6.92 Å². The molecule has 1 amide bonds. The van der Waals surface area contributed by atoms with Gasteiger partial charge in [0.25, 0.3) is 5.91 Å². The Labute approximate surface area is 158 Å². The third kappa shape index (κ3) is 4.71. The monoisotopic (exact) mass is 390 g/mol. The Bertz CT molecular complexity index is 972. The SMILES string of the molecule is Cc1cc(C(=O)NC(C)c2ccc3c(c2)OCCO3)ccc1NS(C)(=O)=O. The van der Waals surface area contributed by atoms with Crippen molar-refractivity contribution in [3.05, 3.63) is 53.1 Å². The average Bonchev–Trinajstić information content (AvgIpc) is 2.61. The lowest BCUT2D eigenvalue weighted by Gasteiger charge is -2.21. The van der Waals surface area contributed by atoms with Gasteiger partial charge in [0.2, 0.25) is 10.0 Å². The molecule has 0 bridgehead atoms. The summed E-state index contributed by atoms with van der Waals surface area (Å²) in [6.07, 6.45) is 1.09. The molecule has 1 atom stereocenters. The first kappa shape index (κ1) is 19.0. The number of aryl methyl sites for hydroxylation is 1. The number of rotatable bonds is 5. The summed E-state index contributed by atoms with van der Waals surface area (Å²) in [6.45, 7) is 4.66. The van der Waals surface area contributed by atoms with Crippen molar-refractivity contribution in [1.82, 2.24) is 5.32 Å². The highest BCUT2D eigenvalue weighted by molar-refractivity contribution is 7.92. The Morgan fingerprint density at radius 1 is 1.07 bits per heavy atom. The Morgan fingerprint density at radius 3 is 2.44 bits per heavy atom. The largest absolute Gasteiger partial charge is 0.486 e. The van der Waals surface area contributed by atoms with Crippen molar-refractivity contribution in [3.8, 4) is 11.5 Å². The van der Waals surface area contributed by atoms with E-state index in [2.05, 4.69) is 10.0 Å². The fourth-order valence-corrected chi connectivity index (χ4v) is 3.44. The summed E-state index contributed by atoms with van der Waals surface area (Å²) in [5.74, 6) is 1.13. The van der Waals surface area contributed by atoms with Crippen LogP contribution in [0.5, 0.6) is 11.5 Å². The first-order valence-electron chi connectivity index (χ1n) is 8.52. The molecule has 3 rings (SSSR count). The van der Waals surface area contributed by atoms with Gasteiger partial charge in [-0.25, -0.2) is 8.42 Å². The van der Waals surface area contributed by atoms with Gasteiger partial charge >= 0.3 is 0 Å². The number of hydrogen-bond donors (Lipinski definition) is 2. The molecule has 0 saturated carbocycles. The molecular formula is C19H22N2O5S. The van der Waals surface area contributed by atoms with E-state index in [0.717, 1.165) is 11.8 Å². The quantitative estimate of drug-likeness (QED) is 0.819. The van der Waals surface area contributed by atoms with Gasteiger partial charge in [0.15, 0.2) is 11.5 Å². The zero-order valence-electron chi connectivity index (χ0n) is 15.4.